The summed E-state index contributed by atoms with van der Waals surface area (Å²) in [6.07, 6.45) is -2.64. The van der Waals surface area contributed by atoms with Crippen LogP contribution < -0.4 is 14.8 Å². The van der Waals surface area contributed by atoms with E-state index < -0.39 is 18.9 Å². The number of nitrogen functional groups attached to an aromatic ring is 1. The largest absolute Gasteiger partial charge is 0.486 e. The summed E-state index contributed by atoms with van der Waals surface area (Å²) < 4.78 is 32.4. The average molecular weight is 371 g/mol. The molecular formula is C15H13BrF2N2O2. The molecule has 0 radical (unpaired) electrons. The zero-order valence-corrected chi connectivity index (χ0v) is 12.9. The predicted molar refractivity (Wildman–Crippen MR) is 84.2 cm³/mol. The van der Waals surface area contributed by atoms with Crippen LogP contribution in [0.4, 0.5) is 14.5 Å². The second-order valence-electron chi connectivity index (χ2n) is 4.43. The third kappa shape index (κ3) is 3.73. The summed E-state index contributed by atoms with van der Waals surface area (Å²) in [6.45, 7) is -0.804. The van der Waals surface area contributed by atoms with Crippen molar-refractivity contribution in [3.8, 4) is 16.9 Å². The van der Waals surface area contributed by atoms with Crippen LogP contribution in [0.1, 0.15) is 10.4 Å². The van der Waals surface area contributed by atoms with Crippen molar-refractivity contribution in [2.45, 2.75) is 6.43 Å². The van der Waals surface area contributed by atoms with Crippen molar-refractivity contribution in [2.75, 3.05) is 12.3 Å². The summed E-state index contributed by atoms with van der Waals surface area (Å²) >= 11 is 2.83. The lowest BCUT2D eigenvalue weighted by atomic mass is 10.0. The average Bonchev–Trinajstić information content (AvgIpc) is 2.51. The first kappa shape index (κ1) is 16.2. The van der Waals surface area contributed by atoms with Crippen molar-refractivity contribution in [1.29, 1.82) is 0 Å². The summed E-state index contributed by atoms with van der Waals surface area (Å²) in [5.41, 5.74) is 7.61. The summed E-state index contributed by atoms with van der Waals surface area (Å²) in [5.74, 6) is -0.402. The van der Waals surface area contributed by atoms with Gasteiger partial charge in [-0.3, -0.25) is 9.14 Å². The van der Waals surface area contributed by atoms with E-state index in [2.05, 4.69) is 20.5 Å². The number of nitrogens with two attached hydrogens (primary N) is 1. The zero-order chi connectivity index (χ0) is 16.1. The first-order valence-corrected chi connectivity index (χ1v) is 7.13. The van der Waals surface area contributed by atoms with Crippen LogP contribution in [0.5, 0.6) is 5.75 Å². The second kappa shape index (κ2) is 7.22. The van der Waals surface area contributed by atoms with Gasteiger partial charge < -0.3 is 10.5 Å². The Kier molecular flexibility index (Phi) is 5.32. The number of para-hydroxylation sites is 1. The van der Waals surface area contributed by atoms with Crippen molar-refractivity contribution in [1.82, 2.24) is 4.34 Å². The Balaban J connectivity index is 2.54. The highest BCUT2D eigenvalue weighted by atomic mass is 79.9. The highest BCUT2D eigenvalue weighted by Gasteiger charge is 2.18. The molecule has 4 nitrogen and oxygen atoms in total. The number of carbonyl (C=O) groups is 1. The van der Waals surface area contributed by atoms with Gasteiger partial charge in [-0.05, 0) is 23.8 Å². The van der Waals surface area contributed by atoms with Crippen LogP contribution in [0.25, 0.3) is 11.1 Å². The molecule has 22 heavy (non-hydrogen) atoms. The topological polar surface area (TPSA) is 64.4 Å². The molecule has 3 N–H and O–H groups in total. The highest BCUT2D eigenvalue weighted by molar-refractivity contribution is 9.08. The van der Waals surface area contributed by atoms with Gasteiger partial charge in [-0.2, -0.15) is 0 Å². The minimum atomic E-state index is -2.64. The smallest absolute Gasteiger partial charge is 0.272 e. The van der Waals surface area contributed by atoms with Gasteiger partial charge in [0.1, 0.15) is 12.4 Å². The Morgan fingerprint density at radius 3 is 2.64 bits per heavy atom. The van der Waals surface area contributed by atoms with E-state index in [0.717, 1.165) is 0 Å². The van der Waals surface area contributed by atoms with Crippen molar-refractivity contribution in [3.63, 3.8) is 0 Å². The molecule has 0 fully saturated rings. The number of halogens is 3. The fourth-order valence-electron chi connectivity index (χ4n) is 2.00. The lowest BCUT2D eigenvalue weighted by Crippen LogP contribution is -2.16. The van der Waals surface area contributed by atoms with E-state index in [9.17, 15) is 13.6 Å². The highest BCUT2D eigenvalue weighted by Crippen LogP contribution is 2.34. The monoisotopic (exact) mass is 370 g/mol. The zero-order valence-electron chi connectivity index (χ0n) is 11.4. The molecule has 2 rings (SSSR count). The van der Waals surface area contributed by atoms with Gasteiger partial charge in [-0.1, -0.05) is 24.3 Å². The van der Waals surface area contributed by atoms with Gasteiger partial charge in [-0.15, -0.1) is 0 Å². The van der Waals surface area contributed by atoms with Crippen molar-refractivity contribution >= 4 is 27.7 Å². The van der Waals surface area contributed by atoms with E-state index in [-0.39, 0.29) is 11.3 Å². The number of alkyl halides is 2. The van der Waals surface area contributed by atoms with Gasteiger partial charge >= 0.3 is 0 Å². The van der Waals surface area contributed by atoms with Crippen LogP contribution in [0.2, 0.25) is 0 Å². The molecule has 0 bridgehead atoms. The third-order valence-corrected chi connectivity index (χ3v) is 3.26. The fourth-order valence-corrected chi connectivity index (χ4v) is 2.22. The van der Waals surface area contributed by atoms with Gasteiger partial charge in [-0.25, -0.2) is 8.78 Å². The van der Waals surface area contributed by atoms with E-state index in [1.807, 2.05) is 0 Å². The Morgan fingerprint density at radius 1 is 1.27 bits per heavy atom. The van der Waals surface area contributed by atoms with Gasteiger partial charge in [0.25, 0.3) is 12.3 Å². The minimum Gasteiger partial charge on any atom is -0.486 e. The SMILES string of the molecule is Nc1cccc(-c2cccc(C(=O)NBr)c2OCC(F)F)c1. The van der Waals surface area contributed by atoms with E-state index in [1.54, 1.807) is 36.4 Å². The number of amides is 1. The molecule has 0 saturated carbocycles. The normalized spacial score (nSPS) is 10.5. The maximum absolute atomic E-state index is 12.5. The van der Waals surface area contributed by atoms with E-state index >= 15 is 0 Å². The van der Waals surface area contributed by atoms with E-state index in [0.29, 0.717) is 16.8 Å². The number of ether oxygens (including phenoxy) is 1. The molecule has 2 aromatic rings. The summed E-state index contributed by atoms with van der Waals surface area (Å²) in [4.78, 5) is 11.9. The molecule has 116 valence electrons. The van der Waals surface area contributed by atoms with Crippen molar-refractivity contribution in [2.24, 2.45) is 0 Å². The number of benzene rings is 2. The first-order chi connectivity index (χ1) is 10.5. The van der Waals surface area contributed by atoms with Crippen LogP contribution in [0, 0.1) is 0 Å². The molecule has 0 aliphatic rings. The number of nitrogens with one attached hydrogen (secondary N) is 1. The lowest BCUT2D eigenvalue weighted by Gasteiger charge is -2.15. The quantitative estimate of drug-likeness (QED) is 0.623. The Hall–Kier alpha value is -2.15. The van der Waals surface area contributed by atoms with Crippen LogP contribution in [-0.4, -0.2) is 18.9 Å². The van der Waals surface area contributed by atoms with E-state index in [1.165, 1.54) is 6.07 Å². The van der Waals surface area contributed by atoms with Crippen molar-refractivity contribution < 1.29 is 18.3 Å². The second-order valence-corrected chi connectivity index (χ2v) is 4.83. The molecule has 0 saturated heterocycles. The predicted octanol–water partition coefficient (Wildman–Crippen LogP) is 3.62. The number of rotatable bonds is 5. The summed E-state index contributed by atoms with van der Waals surface area (Å²) in [5, 5.41) is 0. The molecule has 0 unspecified atom stereocenters. The Labute approximate surface area is 134 Å². The van der Waals surface area contributed by atoms with E-state index in [4.69, 9.17) is 10.5 Å². The minimum absolute atomic E-state index is 0.0883. The Bertz CT molecular complexity index is 680. The number of hydrogen-bond donors (Lipinski definition) is 2. The molecule has 7 heteroatoms. The van der Waals surface area contributed by atoms with Crippen LogP contribution >= 0.6 is 16.1 Å². The molecule has 0 aromatic heterocycles. The number of carbonyl (C=O) groups excluding carboxylic acids is 1. The summed E-state index contributed by atoms with van der Waals surface area (Å²) in [7, 11) is 0. The first-order valence-electron chi connectivity index (χ1n) is 6.33. The number of anilines is 1. The maximum atomic E-state index is 12.5. The molecule has 2 aromatic carbocycles. The van der Waals surface area contributed by atoms with Crippen molar-refractivity contribution in [3.05, 3.63) is 48.0 Å². The van der Waals surface area contributed by atoms with Gasteiger partial charge in [0.05, 0.1) is 5.56 Å². The van der Waals surface area contributed by atoms with Gasteiger partial charge in [0, 0.05) is 27.4 Å². The molecule has 0 aliphatic heterocycles. The maximum Gasteiger partial charge on any atom is 0.272 e. The number of hydrogen-bond acceptors (Lipinski definition) is 3. The molecule has 0 atom stereocenters. The van der Waals surface area contributed by atoms with Gasteiger partial charge in [0.15, 0.2) is 0 Å². The van der Waals surface area contributed by atoms with Crippen LogP contribution in [-0.2, 0) is 0 Å². The van der Waals surface area contributed by atoms with Crippen LogP contribution in [0.15, 0.2) is 42.5 Å². The molecular weight excluding hydrogens is 358 g/mol. The van der Waals surface area contributed by atoms with Gasteiger partial charge in [0.2, 0.25) is 0 Å². The van der Waals surface area contributed by atoms with Crippen LogP contribution in [0.3, 0.4) is 0 Å². The molecule has 1 amide bonds. The molecule has 0 aliphatic carbocycles. The standard InChI is InChI=1S/C15H13BrF2N2O2/c16-20-15(21)12-6-2-5-11(14(12)22-8-13(17)18)9-3-1-4-10(19)7-9/h1-7,13H,8,19H2,(H,20,21). The Morgan fingerprint density at radius 2 is 2.00 bits per heavy atom. The molecule has 0 spiro atoms. The lowest BCUT2D eigenvalue weighted by molar-refractivity contribution is 0.0802. The summed E-state index contributed by atoms with van der Waals surface area (Å²) in [6, 6.07) is 11.7. The third-order valence-electron chi connectivity index (χ3n) is 2.90. The fraction of sp³-hybridized carbons (Fsp3) is 0.133. The molecule has 0 heterocycles.